The molecule has 0 amide bonds. The Hall–Kier alpha value is -1.81. The predicted molar refractivity (Wildman–Crippen MR) is 110 cm³/mol. The Bertz CT molecular complexity index is 1110. The third kappa shape index (κ3) is 3.40. The largest absolute Gasteiger partial charge is 0.337 e. The van der Waals surface area contributed by atoms with Crippen molar-refractivity contribution in [3.63, 3.8) is 0 Å². The molecule has 0 fully saturated rings. The molecule has 0 saturated carbocycles. The molecule has 131 valence electrons. The first kappa shape index (κ1) is 18.6. The van der Waals surface area contributed by atoms with E-state index in [1.807, 2.05) is 6.20 Å². The fourth-order valence-electron chi connectivity index (χ4n) is 3.73. The van der Waals surface area contributed by atoms with Gasteiger partial charge in [-0.2, -0.15) is 0 Å². The Morgan fingerprint density at radius 2 is 1.52 bits per heavy atom. The van der Waals surface area contributed by atoms with Crippen LogP contribution in [-0.4, -0.2) is 11.5 Å². The third-order valence-electron chi connectivity index (χ3n) is 4.95. The molecule has 1 aliphatic rings. The molecule has 0 saturated heterocycles. The smallest absolute Gasteiger partial charge is 0.0801 e. The summed E-state index contributed by atoms with van der Waals surface area (Å²) in [6.45, 7) is 0.876. The van der Waals surface area contributed by atoms with E-state index in [4.69, 9.17) is 4.98 Å². The van der Waals surface area contributed by atoms with Gasteiger partial charge in [0.2, 0.25) is 0 Å². The van der Waals surface area contributed by atoms with E-state index in [0.717, 1.165) is 12.1 Å². The van der Waals surface area contributed by atoms with Crippen molar-refractivity contribution in [3.05, 3.63) is 96.7 Å². The summed E-state index contributed by atoms with van der Waals surface area (Å²) < 4.78 is 0. The van der Waals surface area contributed by atoms with Crippen LogP contribution < -0.4 is 4.90 Å². The van der Waals surface area contributed by atoms with Crippen LogP contribution in [0.25, 0.3) is 28.1 Å². The minimum absolute atomic E-state index is 0. The van der Waals surface area contributed by atoms with Crippen LogP contribution in [0.4, 0.5) is 11.4 Å². The molecule has 2 nitrogen and oxygen atoms in total. The monoisotopic (exact) mass is 487 g/mol. The van der Waals surface area contributed by atoms with Crippen molar-refractivity contribution in [2.75, 3.05) is 11.4 Å². The number of rotatable bonds is 2. The molecular weight excluding hydrogens is 468 g/mol. The molecule has 3 heteroatoms. The molecule has 0 unspecified atom stereocenters. The first-order valence-electron chi connectivity index (χ1n) is 8.88. The van der Waals surface area contributed by atoms with E-state index in [0.29, 0.717) is 0 Å². The maximum Gasteiger partial charge on any atom is 0.0801 e. The molecule has 1 aromatic heterocycles. The summed E-state index contributed by atoms with van der Waals surface area (Å²) in [6, 6.07) is 27.6. The SMILES string of the molecule is C1=Cc2c(ccc3c(-c4ccccc4)ccnc23)N(c2ccccc2)C1.[Eu]. The van der Waals surface area contributed by atoms with Gasteiger partial charge in [0.15, 0.2) is 0 Å². The minimum Gasteiger partial charge on any atom is -0.337 e. The van der Waals surface area contributed by atoms with E-state index in [2.05, 4.69) is 95.9 Å². The summed E-state index contributed by atoms with van der Waals surface area (Å²) in [7, 11) is 0. The number of benzene rings is 3. The Morgan fingerprint density at radius 1 is 0.778 bits per heavy atom. The van der Waals surface area contributed by atoms with Gasteiger partial charge in [-0.3, -0.25) is 4.98 Å². The molecule has 2 heterocycles. The summed E-state index contributed by atoms with van der Waals surface area (Å²) >= 11 is 0. The van der Waals surface area contributed by atoms with Crippen molar-refractivity contribution in [2.45, 2.75) is 0 Å². The first-order chi connectivity index (χ1) is 12.9. The van der Waals surface area contributed by atoms with E-state index >= 15 is 0 Å². The Morgan fingerprint density at radius 3 is 2.30 bits per heavy atom. The first-order valence-corrected chi connectivity index (χ1v) is 8.88. The number of aromatic nitrogens is 1. The fourth-order valence-corrected chi connectivity index (χ4v) is 3.73. The molecule has 1 aliphatic heterocycles. The van der Waals surface area contributed by atoms with Gasteiger partial charge in [0.05, 0.1) is 11.2 Å². The quantitative estimate of drug-likeness (QED) is 0.342. The second kappa shape index (κ2) is 8.06. The zero-order valence-electron chi connectivity index (χ0n) is 14.7. The molecule has 27 heavy (non-hydrogen) atoms. The summed E-state index contributed by atoms with van der Waals surface area (Å²) in [4.78, 5) is 7.07. The van der Waals surface area contributed by atoms with Gasteiger partial charge in [0, 0.05) is 78.8 Å². The van der Waals surface area contributed by atoms with E-state index in [-0.39, 0.29) is 49.4 Å². The summed E-state index contributed by atoms with van der Waals surface area (Å²) in [5.41, 5.74) is 7.11. The van der Waals surface area contributed by atoms with Crippen LogP contribution in [0.15, 0.2) is 91.1 Å². The van der Waals surface area contributed by atoms with Gasteiger partial charge in [-0.15, -0.1) is 0 Å². The van der Waals surface area contributed by atoms with Crippen molar-refractivity contribution >= 4 is 28.4 Å². The van der Waals surface area contributed by atoms with Gasteiger partial charge in [-0.25, -0.2) is 0 Å². The van der Waals surface area contributed by atoms with Crippen LogP contribution in [-0.2, 0) is 0 Å². The average molecular weight is 486 g/mol. The Labute approximate surface area is 200 Å². The number of fused-ring (bicyclic) bond motifs is 3. The maximum absolute atomic E-state index is 4.73. The fraction of sp³-hybridized carbons (Fsp3) is 0.0417. The van der Waals surface area contributed by atoms with Gasteiger partial charge >= 0.3 is 0 Å². The molecule has 0 spiro atoms. The van der Waals surface area contributed by atoms with Crippen LogP contribution >= 0.6 is 0 Å². The predicted octanol–water partition coefficient (Wildman–Crippen LogP) is 6.07. The molecule has 4 aromatic rings. The molecule has 5 rings (SSSR count). The second-order valence-corrected chi connectivity index (χ2v) is 6.47. The van der Waals surface area contributed by atoms with Crippen molar-refractivity contribution < 1.29 is 49.4 Å². The topological polar surface area (TPSA) is 16.1 Å². The minimum atomic E-state index is 0. The van der Waals surface area contributed by atoms with Crippen LogP contribution in [0.3, 0.4) is 0 Å². The number of pyridine rings is 1. The molecule has 0 N–H and O–H groups in total. The number of hydrogen-bond donors (Lipinski definition) is 0. The molecular formula is C24H18EuN2. The summed E-state index contributed by atoms with van der Waals surface area (Å²) in [5.74, 6) is 0. The molecule has 1 radical (unpaired) electrons. The Balaban J connectivity index is 0.00000180. The second-order valence-electron chi connectivity index (χ2n) is 6.47. The van der Waals surface area contributed by atoms with Gasteiger partial charge in [0.25, 0.3) is 0 Å². The van der Waals surface area contributed by atoms with Gasteiger partial charge in [-0.05, 0) is 35.4 Å². The molecule has 0 aliphatic carbocycles. The number of hydrogen-bond acceptors (Lipinski definition) is 2. The average Bonchev–Trinajstić information content (AvgIpc) is 2.74. The van der Waals surface area contributed by atoms with Crippen molar-refractivity contribution in [2.24, 2.45) is 0 Å². The van der Waals surface area contributed by atoms with Crippen LogP contribution in [0, 0.1) is 49.4 Å². The van der Waals surface area contributed by atoms with Gasteiger partial charge < -0.3 is 4.90 Å². The maximum atomic E-state index is 4.73. The zero-order valence-corrected chi connectivity index (χ0v) is 17.1. The molecule has 3 aromatic carbocycles. The number of nitrogens with zero attached hydrogens (tertiary/aromatic N) is 2. The molecule has 0 atom stereocenters. The van der Waals surface area contributed by atoms with Crippen molar-refractivity contribution in [1.29, 1.82) is 0 Å². The van der Waals surface area contributed by atoms with Crippen LogP contribution in [0.2, 0.25) is 0 Å². The van der Waals surface area contributed by atoms with E-state index in [1.165, 1.54) is 33.5 Å². The van der Waals surface area contributed by atoms with Gasteiger partial charge in [-0.1, -0.05) is 66.7 Å². The third-order valence-corrected chi connectivity index (χ3v) is 4.95. The standard InChI is InChI=1S/C24H18N2.Eu/c1-3-8-18(9-4-1)20-15-16-25-24-21(20)13-14-23-22(24)12-7-17-26(23)19-10-5-2-6-11-19;/h1-16H,17H2;. The van der Waals surface area contributed by atoms with Crippen molar-refractivity contribution in [1.82, 2.24) is 4.98 Å². The van der Waals surface area contributed by atoms with Crippen LogP contribution in [0.1, 0.15) is 5.56 Å². The zero-order chi connectivity index (χ0) is 17.3. The van der Waals surface area contributed by atoms with E-state index in [9.17, 15) is 0 Å². The Kier molecular flexibility index (Phi) is 5.54. The van der Waals surface area contributed by atoms with Gasteiger partial charge in [0.1, 0.15) is 0 Å². The van der Waals surface area contributed by atoms with Crippen molar-refractivity contribution in [3.8, 4) is 11.1 Å². The molecule has 0 bridgehead atoms. The normalized spacial score (nSPS) is 12.5. The number of para-hydroxylation sites is 1. The summed E-state index contributed by atoms with van der Waals surface area (Å²) in [6.07, 6.45) is 6.34. The van der Waals surface area contributed by atoms with Crippen LogP contribution in [0.5, 0.6) is 0 Å². The summed E-state index contributed by atoms with van der Waals surface area (Å²) in [5, 5.41) is 1.19. The van der Waals surface area contributed by atoms with E-state index < -0.39 is 0 Å². The van der Waals surface area contributed by atoms with E-state index in [1.54, 1.807) is 0 Å². The number of anilines is 2.